The number of hydrogen-bond acceptors (Lipinski definition) is 4. The Hall–Kier alpha value is -2.41. The highest BCUT2D eigenvalue weighted by atomic mass is 16.4. The van der Waals surface area contributed by atoms with E-state index in [2.05, 4.69) is 5.32 Å². The molecule has 20 heavy (non-hydrogen) atoms. The van der Waals surface area contributed by atoms with Gasteiger partial charge in [0, 0.05) is 12.6 Å². The van der Waals surface area contributed by atoms with Crippen LogP contribution in [-0.4, -0.2) is 59.1 Å². The first-order valence-corrected chi connectivity index (χ1v) is 5.90. The van der Waals surface area contributed by atoms with E-state index in [0.717, 1.165) is 0 Å². The number of aliphatic hydroxyl groups is 1. The number of carbonyl (C=O) groups is 3. The lowest BCUT2D eigenvalue weighted by Gasteiger charge is -2.17. The van der Waals surface area contributed by atoms with Gasteiger partial charge in [0.2, 0.25) is 5.91 Å². The van der Waals surface area contributed by atoms with Crippen LogP contribution in [0.15, 0.2) is 30.3 Å². The normalized spacial score (nSPS) is 11.5. The van der Waals surface area contributed by atoms with Crippen LogP contribution < -0.4 is 5.32 Å². The van der Waals surface area contributed by atoms with E-state index in [1.54, 1.807) is 30.3 Å². The maximum absolute atomic E-state index is 11.9. The molecule has 0 bridgehead atoms. The average Bonchev–Trinajstić information content (AvgIpc) is 2.44. The SMILES string of the molecule is CN(CC(=O)NC[C@H](O)C(=O)O)C(=O)c1ccccc1. The van der Waals surface area contributed by atoms with Gasteiger partial charge in [0.25, 0.3) is 5.91 Å². The van der Waals surface area contributed by atoms with Crippen molar-refractivity contribution in [2.24, 2.45) is 0 Å². The van der Waals surface area contributed by atoms with Crippen molar-refractivity contribution < 1.29 is 24.6 Å². The Bertz CT molecular complexity index is 489. The number of nitrogens with one attached hydrogen (secondary N) is 1. The molecule has 0 aliphatic rings. The lowest BCUT2D eigenvalue weighted by Crippen LogP contribution is -2.42. The molecule has 7 nitrogen and oxygen atoms in total. The van der Waals surface area contributed by atoms with Crippen molar-refractivity contribution in [3.05, 3.63) is 35.9 Å². The molecule has 0 spiro atoms. The summed E-state index contributed by atoms with van der Waals surface area (Å²) in [7, 11) is 1.46. The molecule has 7 heteroatoms. The lowest BCUT2D eigenvalue weighted by molar-refractivity contribution is -0.146. The Morgan fingerprint density at radius 1 is 1.25 bits per heavy atom. The summed E-state index contributed by atoms with van der Waals surface area (Å²) >= 11 is 0. The first-order chi connectivity index (χ1) is 9.41. The highest BCUT2D eigenvalue weighted by Crippen LogP contribution is 2.02. The summed E-state index contributed by atoms with van der Waals surface area (Å²) in [6.07, 6.45) is -1.66. The van der Waals surface area contributed by atoms with Gasteiger partial charge < -0.3 is 20.4 Å². The molecule has 0 aromatic heterocycles. The second-order valence-corrected chi connectivity index (χ2v) is 4.19. The smallest absolute Gasteiger partial charge is 0.334 e. The Kier molecular flexibility index (Phi) is 5.67. The Morgan fingerprint density at radius 2 is 1.85 bits per heavy atom. The van der Waals surface area contributed by atoms with E-state index in [-0.39, 0.29) is 12.5 Å². The van der Waals surface area contributed by atoms with Crippen LogP contribution in [-0.2, 0) is 9.59 Å². The second kappa shape index (κ2) is 7.25. The maximum Gasteiger partial charge on any atom is 0.334 e. The number of aliphatic carboxylic acids is 1. The molecule has 0 heterocycles. The van der Waals surface area contributed by atoms with Crippen molar-refractivity contribution in [3.63, 3.8) is 0 Å². The molecule has 0 radical (unpaired) electrons. The van der Waals surface area contributed by atoms with Crippen molar-refractivity contribution >= 4 is 17.8 Å². The zero-order valence-corrected chi connectivity index (χ0v) is 10.9. The van der Waals surface area contributed by atoms with Gasteiger partial charge in [0.1, 0.15) is 0 Å². The number of nitrogens with zero attached hydrogens (tertiary/aromatic N) is 1. The van der Waals surface area contributed by atoms with Gasteiger partial charge in [-0.15, -0.1) is 0 Å². The van der Waals surface area contributed by atoms with Gasteiger partial charge in [-0.2, -0.15) is 0 Å². The molecule has 108 valence electrons. The van der Waals surface area contributed by atoms with Crippen LogP contribution in [0.25, 0.3) is 0 Å². The molecule has 3 N–H and O–H groups in total. The van der Waals surface area contributed by atoms with Crippen molar-refractivity contribution in [1.29, 1.82) is 0 Å². The number of likely N-dealkylation sites (N-methyl/N-ethyl adjacent to an activating group) is 1. The highest BCUT2D eigenvalue weighted by molar-refractivity contribution is 5.96. The number of benzene rings is 1. The number of carbonyl (C=O) groups excluding carboxylic acids is 2. The van der Waals surface area contributed by atoms with E-state index < -0.39 is 24.5 Å². The number of hydrogen-bond donors (Lipinski definition) is 3. The number of rotatable bonds is 6. The zero-order valence-electron chi connectivity index (χ0n) is 10.9. The molecule has 1 rings (SSSR count). The Balaban J connectivity index is 2.46. The van der Waals surface area contributed by atoms with Gasteiger partial charge in [-0.3, -0.25) is 9.59 Å². The van der Waals surface area contributed by atoms with E-state index in [1.807, 2.05) is 0 Å². The molecule has 0 saturated carbocycles. The van der Waals surface area contributed by atoms with Gasteiger partial charge in [0.15, 0.2) is 6.10 Å². The molecule has 1 atom stereocenters. The fourth-order valence-electron chi connectivity index (χ4n) is 1.44. The molecule has 1 aromatic carbocycles. The average molecular weight is 280 g/mol. The van der Waals surface area contributed by atoms with E-state index in [4.69, 9.17) is 10.2 Å². The fourth-order valence-corrected chi connectivity index (χ4v) is 1.44. The number of aliphatic hydroxyl groups excluding tert-OH is 1. The van der Waals surface area contributed by atoms with Crippen LogP contribution in [0, 0.1) is 0 Å². The molecular weight excluding hydrogens is 264 g/mol. The highest BCUT2D eigenvalue weighted by Gasteiger charge is 2.17. The summed E-state index contributed by atoms with van der Waals surface area (Å²) in [4.78, 5) is 35.0. The van der Waals surface area contributed by atoms with Gasteiger partial charge in [-0.05, 0) is 12.1 Å². The molecule has 0 saturated heterocycles. The van der Waals surface area contributed by atoms with Crippen molar-refractivity contribution in [1.82, 2.24) is 10.2 Å². The topological polar surface area (TPSA) is 107 Å². The first kappa shape index (κ1) is 15.6. The Labute approximate surface area is 115 Å². The molecule has 0 fully saturated rings. The zero-order chi connectivity index (χ0) is 15.1. The monoisotopic (exact) mass is 280 g/mol. The van der Waals surface area contributed by atoms with Crippen LogP contribution in [0.5, 0.6) is 0 Å². The van der Waals surface area contributed by atoms with Crippen LogP contribution in [0.4, 0.5) is 0 Å². The summed E-state index contributed by atoms with van der Waals surface area (Å²) in [6, 6.07) is 8.46. The van der Waals surface area contributed by atoms with Crippen molar-refractivity contribution in [2.75, 3.05) is 20.1 Å². The van der Waals surface area contributed by atoms with Crippen molar-refractivity contribution in [3.8, 4) is 0 Å². The van der Waals surface area contributed by atoms with Crippen LogP contribution >= 0.6 is 0 Å². The lowest BCUT2D eigenvalue weighted by atomic mass is 10.2. The standard InChI is InChI=1S/C13H16N2O5/c1-15(12(18)9-5-3-2-4-6-9)8-11(17)14-7-10(16)13(19)20/h2-6,10,16H,7-8H2,1H3,(H,14,17)(H,19,20)/t10-/m0/s1. The minimum absolute atomic E-state index is 0.222. The summed E-state index contributed by atoms with van der Waals surface area (Å²) in [5.41, 5.74) is 0.452. The van der Waals surface area contributed by atoms with Crippen molar-refractivity contribution in [2.45, 2.75) is 6.10 Å². The molecular formula is C13H16N2O5. The predicted octanol–water partition coefficient (Wildman–Crippen LogP) is -0.680. The van der Waals surface area contributed by atoms with Crippen LogP contribution in [0.3, 0.4) is 0 Å². The second-order valence-electron chi connectivity index (χ2n) is 4.19. The predicted molar refractivity (Wildman–Crippen MR) is 70.1 cm³/mol. The third-order valence-corrected chi connectivity index (χ3v) is 2.53. The molecule has 0 aliphatic carbocycles. The van der Waals surface area contributed by atoms with E-state index in [0.29, 0.717) is 5.56 Å². The largest absolute Gasteiger partial charge is 0.479 e. The van der Waals surface area contributed by atoms with Gasteiger partial charge in [-0.25, -0.2) is 4.79 Å². The number of carboxylic acid groups (broad SMARTS) is 1. The first-order valence-electron chi connectivity index (χ1n) is 5.90. The van der Waals surface area contributed by atoms with Crippen LogP contribution in [0.2, 0.25) is 0 Å². The summed E-state index contributed by atoms with van der Waals surface area (Å²) in [5, 5.41) is 19.7. The minimum atomic E-state index is -1.66. The minimum Gasteiger partial charge on any atom is -0.479 e. The van der Waals surface area contributed by atoms with E-state index in [1.165, 1.54) is 11.9 Å². The molecule has 2 amide bonds. The maximum atomic E-state index is 11.9. The van der Waals surface area contributed by atoms with E-state index >= 15 is 0 Å². The summed E-state index contributed by atoms with van der Waals surface area (Å²) in [6.45, 7) is -0.623. The van der Waals surface area contributed by atoms with E-state index in [9.17, 15) is 14.4 Å². The summed E-state index contributed by atoms with van der Waals surface area (Å²) < 4.78 is 0. The fraction of sp³-hybridized carbons (Fsp3) is 0.308. The van der Waals surface area contributed by atoms with Crippen LogP contribution in [0.1, 0.15) is 10.4 Å². The molecule has 1 aromatic rings. The van der Waals surface area contributed by atoms with Gasteiger partial charge in [-0.1, -0.05) is 18.2 Å². The summed E-state index contributed by atoms with van der Waals surface area (Å²) in [5.74, 6) is -2.28. The van der Waals surface area contributed by atoms with Gasteiger partial charge >= 0.3 is 5.97 Å². The Morgan fingerprint density at radius 3 is 2.40 bits per heavy atom. The molecule has 0 aliphatic heterocycles. The number of carboxylic acids is 1. The third-order valence-electron chi connectivity index (χ3n) is 2.53. The third kappa shape index (κ3) is 4.69. The molecule has 0 unspecified atom stereocenters. The quantitative estimate of drug-likeness (QED) is 0.640. The number of amides is 2. The van der Waals surface area contributed by atoms with Gasteiger partial charge in [0.05, 0.1) is 13.1 Å².